The first-order valence-corrected chi connectivity index (χ1v) is 9.34. The van der Waals surface area contributed by atoms with Crippen molar-refractivity contribution in [3.8, 4) is 11.5 Å². The molecule has 0 fully saturated rings. The molecule has 0 aliphatic carbocycles. The van der Waals surface area contributed by atoms with Crippen LogP contribution in [0.15, 0.2) is 54.8 Å². The second kappa shape index (κ2) is 9.17. The van der Waals surface area contributed by atoms with Gasteiger partial charge in [0.2, 0.25) is 6.79 Å². The largest absolute Gasteiger partial charge is 0.497 e. The van der Waals surface area contributed by atoms with Crippen molar-refractivity contribution in [2.45, 2.75) is 20.8 Å². The molecule has 148 valence electrons. The third kappa shape index (κ3) is 4.22. The maximum Gasteiger partial charge on any atom is 0.231 e. The van der Waals surface area contributed by atoms with Gasteiger partial charge in [0.15, 0.2) is 23.0 Å². The Morgan fingerprint density at radius 3 is 2.50 bits per heavy atom. The number of hydrogen-bond donors (Lipinski definition) is 0. The molecule has 0 saturated carbocycles. The van der Waals surface area contributed by atoms with Gasteiger partial charge in [0.1, 0.15) is 6.26 Å². The zero-order valence-electron chi connectivity index (χ0n) is 16.5. The van der Waals surface area contributed by atoms with Crippen LogP contribution in [0, 0.1) is 0 Å². The molecule has 3 rings (SSSR count). The number of fused-ring (bicyclic) bond motifs is 2. The average Bonchev–Trinajstić information content (AvgIpc) is 3.16. The van der Waals surface area contributed by atoms with Crippen molar-refractivity contribution >= 4 is 16.3 Å². The van der Waals surface area contributed by atoms with Crippen molar-refractivity contribution in [1.29, 1.82) is 0 Å². The summed E-state index contributed by atoms with van der Waals surface area (Å²) in [6, 6.07) is 5.81. The number of benzene rings is 1. The number of allylic oxidation sites excluding steroid dienone is 2. The van der Waals surface area contributed by atoms with Gasteiger partial charge in [-0.1, -0.05) is 6.58 Å². The summed E-state index contributed by atoms with van der Waals surface area (Å²) in [5, 5.41) is 1.92. The summed E-state index contributed by atoms with van der Waals surface area (Å²) in [6.45, 7) is 11.7. The van der Waals surface area contributed by atoms with Crippen molar-refractivity contribution in [2.75, 3.05) is 26.6 Å². The molecule has 1 aromatic heterocycles. The summed E-state index contributed by atoms with van der Waals surface area (Å²) in [6.07, 6.45) is 5.13. The highest BCUT2D eigenvalue weighted by Crippen LogP contribution is 2.38. The Balaban J connectivity index is 2.01. The molecule has 1 aliphatic rings. The molecule has 0 bridgehead atoms. The fraction of sp³-hybridized carbons (Fsp3) is 0.318. The standard InChI is InChI=1S/C22H25NO5/c1-5-24-13-21(26-7-3)18(25-6-2)10-15(4)22-17-12-20-19(27-14-28-20)11-16(17)8-9-23-22/h8-13H,4-7,14H2,1-3H3/b18-10+,21-13-. The highest BCUT2D eigenvalue weighted by atomic mass is 16.7. The van der Waals surface area contributed by atoms with Crippen LogP contribution in [0.3, 0.4) is 0 Å². The summed E-state index contributed by atoms with van der Waals surface area (Å²) in [7, 11) is 0. The predicted octanol–water partition coefficient (Wildman–Crippen LogP) is 4.81. The maximum absolute atomic E-state index is 5.79. The van der Waals surface area contributed by atoms with E-state index in [1.165, 1.54) is 0 Å². The summed E-state index contributed by atoms with van der Waals surface area (Å²) in [5.41, 5.74) is 1.43. The molecule has 1 aliphatic heterocycles. The molecule has 0 atom stereocenters. The Morgan fingerprint density at radius 2 is 1.79 bits per heavy atom. The van der Waals surface area contributed by atoms with Crippen molar-refractivity contribution < 1.29 is 23.7 Å². The van der Waals surface area contributed by atoms with Crippen LogP contribution >= 0.6 is 0 Å². The van der Waals surface area contributed by atoms with Crippen LogP contribution in [0.2, 0.25) is 0 Å². The van der Waals surface area contributed by atoms with E-state index in [2.05, 4.69) is 11.6 Å². The fourth-order valence-corrected chi connectivity index (χ4v) is 2.86. The molecule has 0 amide bonds. The van der Waals surface area contributed by atoms with E-state index in [0.717, 1.165) is 22.2 Å². The molecule has 0 saturated heterocycles. The van der Waals surface area contributed by atoms with Gasteiger partial charge in [-0.05, 0) is 56.0 Å². The number of ether oxygens (including phenoxy) is 5. The van der Waals surface area contributed by atoms with Crippen LogP contribution in [0.4, 0.5) is 0 Å². The Morgan fingerprint density at radius 1 is 1.07 bits per heavy atom. The normalized spacial score (nSPS) is 13.5. The van der Waals surface area contributed by atoms with Crippen LogP contribution in [-0.4, -0.2) is 31.6 Å². The summed E-state index contributed by atoms with van der Waals surface area (Å²) < 4.78 is 27.8. The average molecular weight is 383 g/mol. The van der Waals surface area contributed by atoms with E-state index >= 15 is 0 Å². The van der Waals surface area contributed by atoms with Crippen LogP contribution < -0.4 is 9.47 Å². The van der Waals surface area contributed by atoms with Gasteiger partial charge in [-0.15, -0.1) is 0 Å². The Hall–Kier alpha value is -3.15. The first-order chi connectivity index (χ1) is 13.7. The third-order valence-corrected chi connectivity index (χ3v) is 4.07. The van der Waals surface area contributed by atoms with Crippen LogP contribution in [0.5, 0.6) is 11.5 Å². The van der Waals surface area contributed by atoms with Crippen molar-refractivity contribution in [1.82, 2.24) is 4.98 Å². The molecule has 6 nitrogen and oxygen atoms in total. The van der Waals surface area contributed by atoms with Gasteiger partial charge in [-0.25, -0.2) is 0 Å². The number of nitrogens with zero attached hydrogens (tertiary/aromatic N) is 1. The number of aromatic nitrogens is 1. The van der Waals surface area contributed by atoms with Gasteiger partial charge in [-0.2, -0.15) is 0 Å². The molecule has 6 heteroatoms. The van der Waals surface area contributed by atoms with E-state index in [1.807, 2.05) is 45.0 Å². The second-order valence-corrected chi connectivity index (χ2v) is 5.92. The maximum atomic E-state index is 5.79. The van der Waals surface area contributed by atoms with E-state index in [9.17, 15) is 0 Å². The summed E-state index contributed by atoms with van der Waals surface area (Å²) in [4.78, 5) is 4.53. The fourth-order valence-electron chi connectivity index (χ4n) is 2.86. The van der Waals surface area contributed by atoms with Crippen LogP contribution in [0.1, 0.15) is 26.5 Å². The summed E-state index contributed by atoms with van der Waals surface area (Å²) >= 11 is 0. The molecule has 0 spiro atoms. The lowest BCUT2D eigenvalue weighted by atomic mass is 10.0. The molecule has 2 aromatic rings. The number of hydrogen-bond acceptors (Lipinski definition) is 6. The highest BCUT2D eigenvalue weighted by Gasteiger charge is 2.17. The molecule has 0 radical (unpaired) electrons. The van der Waals surface area contributed by atoms with E-state index in [1.54, 1.807) is 12.5 Å². The molecule has 1 aromatic carbocycles. The van der Waals surface area contributed by atoms with Gasteiger partial charge in [0.05, 0.1) is 25.5 Å². The van der Waals surface area contributed by atoms with Crippen molar-refractivity contribution in [2.24, 2.45) is 0 Å². The lowest BCUT2D eigenvalue weighted by Gasteiger charge is -2.14. The quantitative estimate of drug-likeness (QED) is 0.457. The van der Waals surface area contributed by atoms with Gasteiger partial charge >= 0.3 is 0 Å². The zero-order valence-corrected chi connectivity index (χ0v) is 16.5. The van der Waals surface area contributed by atoms with E-state index in [0.29, 0.717) is 42.7 Å². The zero-order chi connectivity index (χ0) is 19.9. The third-order valence-electron chi connectivity index (χ3n) is 4.07. The lowest BCUT2D eigenvalue weighted by molar-refractivity contribution is 0.147. The minimum atomic E-state index is 0.226. The minimum Gasteiger partial charge on any atom is -0.497 e. The molecule has 0 unspecified atom stereocenters. The van der Waals surface area contributed by atoms with Gasteiger partial charge in [0, 0.05) is 11.6 Å². The van der Waals surface area contributed by atoms with Crippen molar-refractivity contribution in [3.05, 3.63) is 60.5 Å². The van der Waals surface area contributed by atoms with E-state index in [4.69, 9.17) is 23.7 Å². The first kappa shape index (κ1) is 19.6. The predicted molar refractivity (Wildman–Crippen MR) is 108 cm³/mol. The first-order valence-electron chi connectivity index (χ1n) is 9.34. The van der Waals surface area contributed by atoms with Crippen molar-refractivity contribution in [3.63, 3.8) is 0 Å². The minimum absolute atomic E-state index is 0.226. The Kier molecular flexibility index (Phi) is 6.42. The molecule has 28 heavy (non-hydrogen) atoms. The monoisotopic (exact) mass is 383 g/mol. The van der Waals surface area contributed by atoms with Gasteiger partial charge in [-0.3, -0.25) is 4.98 Å². The SMILES string of the molecule is C=C(/C=C(OCC)\C(=C\OCC)OCC)c1nccc2cc3c(cc12)OCO3. The smallest absolute Gasteiger partial charge is 0.231 e. The Bertz CT molecular complexity index is 917. The lowest BCUT2D eigenvalue weighted by Crippen LogP contribution is -2.03. The van der Waals surface area contributed by atoms with Crippen LogP contribution in [-0.2, 0) is 14.2 Å². The van der Waals surface area contributed by atoms with E-state index < -0.39 is 0 Å². The molecular formula is C22H25NO5. The molecule has 0 N–H and O–H groups in total. The van der Waals surface area contributed by atoms with Crippen LogP contribution in [0.25, 0.3) is 16.3 Å². The van der Waals surface area contributed by atoms with Gasteiger partial charge < -0.3 is 23.7 Å². The molecule has 2 heterocycles. The summed E-state index contributed by atoms with van der Waals surface area (Å²) in [5.74, 6) is 2.50. The van der Waals surface area contributed by atoms with Gasteiger partial charge in [0.25, 0.3) is 0 Å². The number of rotatable bonds is 9. The molecular weight excluding hydrogens is 358 g/mol. The number of pyridine rings is 1. The van der Waals surface area contributed by atoms with E-state index in [-0.39, 0.29) is 6.79 Å². The topological polar surface area (TPSA) is 59.0 Å². The Labute approximate surface area is 165 Å². The highest BCUT2D eigenvalue weighted by molar-refractivity contribution is 5.95. The second-order valence-electron chi connectivity index (χ2n) is 5.92.